The summed E-state index contributed by atoms with van der Waals surface area (Å²) in [4.78, 5) is 8.63. The van der Waals surface area contributed by atoms with E-state index >= 15 is 0 Å². The van der Waals surface area contributed by atoms with E-state index in [4.69, 9.17) is 15.2 Å². The van der Waals surface area contributed by atoms with Gasteiger partial charge >= 0.3 is 0 Å². The molecule has 2 aromatic carbocycles. The number of nitrogens with two attached hydrogens (primary N) is 1. The minimum Gasteiger partial charge on any atom is -0.497 e. The lowest BCUT2D eigenvalue weighted by atomic mass is 10.1. The molecule has 2 aromatic heterocycles. The second-order valence-corrected chi connectivity index (χ2v) is 5.80. The first-order valence-electron chi connectivity index (χ1n) is 8.11. The van der Waals surface area contributed by atoms with Crippen LogP contribution in [0.4, 0.5) is 5.82 Å². The largest absolute Gasteiger partial charge is 0.497 e. The number of aromatic nitrogens is 3. The van der Waals surface area contributed by atoms with Crippen molar-refractivity contribution in [2.45, 2.75) is 0 Å². The van der Waals surface area contributed by atoms with Crippen molar-refractivity contribution in [1.82, 2.24) is 14.5 Å². The molecule has 130 valence electrons. The maximum atomic E-state index is 6.18. The summed E-state index contributed by atoms with van der Waals surface area (Å²) in [5, 5.41) is 0.827. The van der Waals surface area contributed by atoms with Gasteiger partial charge in [-0.25, -0.2) is 9.97 Å². The van der Waals surface area contributed by atoms with Crippen molar-refractivity contribution in [1.29, 1.82) is 0 Å². The molecule has 4 aromatic rings. The topological polar surface area (TPSA) is 75.2 Å². The molecule has 0 aliphatic rings. The van der Waals surface area contributed by atoms with Crippen LogP contribution in [-0.2, 0) is 0 Å². The van der Waals surface area contributed by atoms with E-state index < -0.39 is 0 Å². The zero-order chi connectivity index (χ0) is 18.1. The summed E-state index contributed by atoms with van der Waals surface area (Å²) >= 11 is 0. The molecule has 6 nitrogen and oxygen atoms in total. The number of benzene rings is 2. The van der Waals surface area contributed by atoms with Gasteiger partial charge in [-0.3, -0.25) is 0 Å². The average molecular weight is 346 g/mol. The van der Waals surface area contributed by atoms with Crippen LogP contribution in [0.5, 0.6) is 11.5 Å². The molecular weight excluding hydrogens is 328 g/mol. The van der Waals surface area contributed by atoms with Crippen LogP contribution in [0.1, 0.15) is 0 Å². The molecule has 0 fully saturated rings. The lowest BCUT2D eigenvalue weighted by molar-refractivity contribution is 0.414. The van der Waals surface area contributed by atoms with Crippen LogP contribution < -0.4 is 15.2 Å². The number of fused-ring (bicyclic) bond motifs is 1. The van der Waals surface area contributed by atoms with Gasteiger partial charge in [-0.05, 0) is 42.0 Å². The van der Waals surface area contributed by atoms with E-state index in [1.165, 1.54) is 6.33 Å². The zero-order valence-electron chi connectivity index (χ0n) is 14.5. The number of rotatable bonds is 4. The second kappa shape index (κ2) is 6.40. The molecule has 0 amide bonds. The highest BCUT2D eigenvalue weighted by molar-refractivity contribution is 6.01. The van der Waals surface area contributed by atoms with Crippen LogP contribution in [0.2, 0.25) is 0 Å². The minimum absolute atomic E-state index is 0.452. The van der Waals surface area contributed by atoms with Gasteiger partial charge in [0.05, 0.1) is 19.6 Å². The lowest BCUT2D eigenvalue weighted by Crippen LogP contribution is -1.97. The summed E-state index contributed by atoms with van der Waals surface area (Å²) in [7, 11) is 3.30. The molecule has 2 heterocycles. The molecular formula is C20H18N4O2. The summed E-state index contributed by atoms with van der Waals surface area (Å²) < 4.78 is 12.5. The molecule has 0 aliphatic carbocycles. The van der Waals surface area contributed by atoms with Gasteiger partial charge < -0.3 is 19.8 Å². The predicted octanol–water partition coefficient (Wildman–Crippen LogP) is 3.69. The third-order valence-corrected chi connectivity index (χ3v) is 4.36. The van der Waals surface area contributed by atoms with Gasteiger partial charge in [0, 0.05) is 17.4 Å². The van der Waals surface area contributed by atoms with E-state index in [0.717, 1.165) is 39.3 Å². The Morgan fingerprint density at radius 3 is 2.08 bits per heavy atom. The van der Waals surface area contributed by atoms with Crippen molar-refractivity contribution in [3.05, 3.63) is 61.1 Å². The molecule has 0 saturated carbocycles. The summed E-state index contributed by atoms with van der Waals surface area (Å²) in [6.45, 7) is 0. The number of hydrogen-bond acceptors (Lipinski definition) is 5. The van der Waals surface area contributed by atoms with Crippen LogP contribution in [0.15, 0.2) is 61.1 Å². The van der Waals surface area contributed by atoms with Crippen molar-refractivity contribution < 1.29 is 9.47 Å². The Hall–Kier alpha value is -3.54. The Morgan fingerprint density at radius 2 is 1.46 bits per heavy atom. The van der Waals surface area contributed by atoms with Crippen molar-refractivity contribution in [3.63, 3.8) is 0 Å². The second-order valence-electron chi connectivity index (χ2n) is 5.80. The molecule has 0 unspecified atom stereocenters. The van der Waals surface area contributed by atoms with Crippen molar-refractivity contribution in [2.24, 2.45) is 0 Å². The van der Waals surface area contributed by atoms with E-state index in [0.29, 0.717) is 5.82 Å². The van der Waals surface area contributed by atoms with Gasteiger partial charge in [-0.1, -0.05) is 12.1 Å². The standard InChI is InChI=1S/C20H18N4O2/c1-25-15-7-3-13(4-8-15)17-11-24(14-5-9-16(26-2)10-6-14)20-18(17)19(21)22-12-23-20/h3-12H,1-2H3,(H2,21,22,23). The number of nitrogens with zero attached hydrogens (tertiary/aromatic N) is 3. The summed E-state index contributed by atoms with van der Waals surface area (Å²) in [5.74, 6) is 2.06. The lowest BCUT2D eigenvalue weighted by Gasteiger charge is -2.06. The van der Waals surface area contributed by atoms with Crippen molar-refractivity contribution in [3.8, 4) is 28.3 Å². The van der Waals surface area contributed by atoms with Gasteiger partial charge in [0.2, 0.25) is 0 Å². The Bertz CT molecular complexity index is 1050. The van der Waals surface area contributed by atoms with E-state index in [2.05, 4.69) is 9.97 Å². The van der Waals surface area contributed by atoms with Crippen molar-refractivity contribution >= 4 is 16.9 Å². The van der Waals surface area contributed by atoms with E-state index in [1.807, 2.05) is 59.3 Å². The van der Waals surface area contributed by atoms with Crippen LogP contribution in [0, 0.1) is 0 Å². The zero-order valence-corrected chi connectivity index (χ0v) is 14.5. The first kappa shape index (κ1) is 16.0. The number of anilines is 1. The van der Waals surface area contributed by atoms with Crippen molar-refractivity contribution in [2.75, 3.05) is 20.0 Å². The van der Waals surface area contributed by atoms with Crippen LogP contribution in [0.3, 0.4) is 0 Å². The summed E-state index contributed by atoms with van der Waals surface area (Å²) in [6, 6.07) is 15.6. The third kappa shape index (κ3) is 2.61. The number of methoxy groups -OCH3 is 2. The van der Waals surface area contributed by atoms with E-state index in [-0.39, 0.29) is 0 Å². The third-order valence-electron chi connectivity index (χ3n) is 4.36. The fourth-order valence-electron chi connectivity index (χ4n) is 3.01. The normalized spacial score (nSPS) is 10.8. The Labute approximate surface area is 150 Å². The molecule has 4 rings (SSSR count). The van der Waals surface area contributed by atoms with E-state index in [9.17, 15) is 0 Å². The summed E-state index contributed by atoms with van der Waals surface area (Å²) in [6.07, 6.45) is 3.51. The minimum atomic E-state index is 0.452. The number of hydrogen-bond donors (Lipinski definition) is 1. The van der Waals surface area contributed by atoms with Gasteiger partial charge in [0.1, 0.15) is 23.6 Å². The molecule has 2 N–H and O–H groups in total. The van der Waals surface area contributed by atoms with Crippen LogP contribution in [-0.4, -0.2) is 28.8 Å². The smallest absolute Gasteiger partial charge is 0.150 e. The predicted molar refractivity (Wildman–Crippen MR) is 102 cm³/mol. The molecule has 0 saturated heterocycles. The number of ether oxygens (including phenoxy) is 2. The molecule has 0 radical (unpaired) electrons. The van der Waals surface area contributed by atoms with Gasteiger partial charge in [0.25, 0.3) is 0 Å². The van der Waals surface area contributed by atoms with Gasteiger partial charge in [-0.2, -0.15) is 0 Å². The maximum absolute atomic E-state index is 6.18. The summed E-state index contributed by atoms with van der Waals surface area (Å²) in [5.41, 5.74) is 9.89. The highest BCUT2D eigenvalue weighted by Crippen LogP contribution is 2.35. The average Bonchev–Trinajstić information content (AvgIpc) is 3.09. The van der Waals surface area contributed by atoms with E-state index in [1.54, 1.807) is 14.2 Å². The first-order chi connectivity index (χ1) is 12.7. The maximum Gasteiger partial charge on any atom is 0.150 e. The molecule has 0 atom stereocenters. The quantitative estimate of drug-likeness (QED) is 0.610. The van der Waals surface area contributed by atoms with Crippen LogP contribution >= 0.6 is 0 Å². The van der Waals surface area contributed by atoms with Crippen LogP contribution in [0.25, 0.3) is 27.8 Å². The number of nitrogen functional groups attached to an aromatic ring is 1. The molecule has 0 bridgehead atoms. The van der Waals surface area contributed by atoms with Gasteiger partial charge in [-0.15, -0.1) is 0 Å². The fourth-order valence-corrected chi connectivity index (χ4v) is 3.01. The molecule has 0 spiro atoms. The van der Waals surface area contributed by atoms with Gasteiger partial charge in [0.15, 0.2) is 5.65 Å². The SMILES string of the molecule is COc1ccc(-c2cn(-c3ccc(OC)cc3)c3ncnc(N)c23)cc1. The highest BCUT2D eigenvalue weighted by Gasteiger charge is 2.16. The molecule has 26 heavy (non-hydrogen) atoms. The molecule has 0 aliphatic heterocycles. The monoisotopic (exact) mass is 346 g/mol. The Morgan fingerprint density at radius 1 is 0.846 bits per heavy atom. The Balaban J connectivity index is 1.93. The Kier molecular flexibility index (Phi) is 3.93. The first-order valence-corrected chi connectivity index (χ1v) is 8.11. The molecule has 6 heteroatoms. The highest BCUT2D eigenvalue weighted by atomic mass is 16.5. The fraction of sp³-hybridized carbons (Fsp3) is 0.100.